The molecule has 2 rings (SSSR count). The first-order valence-corrected chi connectivity index (χ1v) is 7.58. The van der Waals surface area contributed by atoms with Crippen molar-refractivity contribution in [2.45, 2.75) is 37.5 Å². The molecule has 0 spiro atoms. The van der Waals surface area contributed by atoms with E-state index in [0.717, 1.165) is 5.56 Å². The van der Waals surface area contributed by atoms with Crippen molar-refractivity contribution in [1.29, 1.82) is 0 Å². The Labute approximate surface area is 112 Å². The summed E-state index contributed by atoms with van der Waals surface area (Å²) in [5.74, 6) is 0.150. The van der Waals surface area contributed by atoms with Crippen LogP contribution in [0.2, 0.25) is 0 Å². The van der Waals surface area contributed by atoms with Gasteiger partial charge in [-0.3, -0.25) is 0 Å². The van der Waals surface area contributed by atoms with Crippen molar-refractivity contribution in [3.05, 3.63) is 23.3 Å². The maximum atomic E-state index is 12.2. The van der Waals surface area contributed by atoms with Crippen molar-refractivity contribution in [3.8, 4) is 5.75 Å². The molecule has 1 aromatic rings. The Hall–Kier alpha value is -1.56. The number of rotatable bonds is 1. The van der Waals surface area contributed by atoms with Gasteiger partial charge in [0, 0.05) is 5.56 Å². The summed E-state index contributed by atoms with van der Waals surface area (Å²) in [6.07, 6.45) is -0.892. The van der Waals surface area contributed by atoms with Gasteiger partial charge in [0.15, 0.2) is 9.84 Å². The van der Waals surface area contributed by atoms with E-state index in [0.29, 0.717) is 12.0 Å². The zero-order valence-corrected chi connectivity index (χ0v) is 11.9. The molecule has 5 nitrogen and oxygen atoms in total. The molecule has 0 unspecified atom stereocenters. The van der Waals surface area contributed by atoms with Crippen LogP contribution < -0.4 is 4.74 Å². The lowest BCUT2D eigenvalue weighted by Crippen LogP contribution is -2.31. The zero-order chi connectivity index (χ0) is 14.4. The van der Waals surface area contributed by atoms with E-state index in [9.17, 15) is 13.2 Å². The van der Waals surface area contributed by atoms with Crippen LogP contribution in [0.5, 0.6) is 5.75 Å². The fraction of sp³-hybridized carbons (Fsp3) is 0.462. The molecule has 0 saturated carbocycles. The molecular weight excluding hydrogens is 268 g/mol. The molecule has 1 N–H and O–H groups in total. The van der Waals surface area contributed by atoms with E-state index in [-0.39, 0.29) is 21.8 Å². The monoisotopic (exact) mass is 284 g/mol. The summed E-state index contributed by atoms with van der Waals surface area (Å²) in [6.45, 7) is 5.55. The van der Waals surface area contributed by atoms with Crippen LogP contribution in [0, 0.1) is 6.92 Å². The fourth-order valence-corrected chi connectivity index (χ4v) is 4.67. The van der Waals surface area contributed by atoms with Crippen LogP contribution in [0.4, 0.5) is 4.79 Å². The van der Waals surface area contributed by atoms with Gasteiger partial charge < -0.3 is 9.84 Å². The third-order valence-electron chi connectivity index (χ3n) is 3.59. The molecule has 1 heterocycles. The van der Waals surface area contributed by atoms with Crippen molar-refractivity contribution >= 4 is 16.0 Å². The molecule has 1 aliphatic rings. The Morgan fingerprint density at radius 3 is 2.58 bits per heavy atom. The lowest BCUT2D eigenvalue weighted by atomic mass is 9.81. The minimum atomic E-state index is -3.37. The Morgan fingerprint density at radius 1 is 1.37 bits per heavy atom. The highest BCUT2D eigenvalue weighted by Gasteiger charge is 2.37. The average Bonchev–Trinajstić information content (AvgIpc) is 2.27. The number of fused-ring (bicyclic) bond motifs is 1. The van der Waals surface area contributed by atoms with E-state index in [2.05, 4.69) is 4.74 Å². The van der Waals surface area contributed by atoms with Crippen LogP contribution in [0.15, 0.2) is 17.0 Å². The number of hydrogen-bond donors (Lipinski definition) is 1. The highest BCUT2D eigenvalue weighted by Crippen LogP contribution is 2.42. The van der Waals surface area contributed by atoms with E-state index >= 15 is 0 Å². The van der Waals surface area contributed by atoms with Gasteiger partial charge in [0.1, 0.15) is 5.75 Å². The Balaban J connectivity index is 2.72. The Bertz CT molecular complexity index is 643. The van der Waals surface area contributed by atoms with Gasteiger partial charge in [-0.15, -0.1) is 0 Å². The van der Waals surface area contributed by atoms with Gasteiger partial charge in [-0.25, -0.2) is 13.2 Å². The molecule has 1 aliphatic heterocycles. The summed E-state index contributed by atoms with van der Waals surface area (Å²) in [6, 6.07) is 3.17. The van der Waals surface area contributed by atoms with E-state index in [1.807, 2.05) is 13.8 Å². The van der Waals surface area contributed by atoms with E-state index in [1.165, 1.54) is 6.07 Å². The first-order valence-electron chi connectivity index (χ1n) is 5.93. The number of sulfone groups is 1. The standard InChI is InChI=1S/C13H16O5S/c1-8-10(18-12(14)15)5-4-9-11(8)19(16,17)7-6-13(9,2)3/h4-5H,6-7H2,1-3H3,(H,14,15). The van der Waals surface area contributed by atoms with E-state index < -0.39 is 16.0 Å². The van der Waals surface area contributed by atoms with Crippen LogP contribution in [0.1, 0.15) is 31.4 Å². The first-order chi connectivity index (χ1) is 8.65. The molecule has 0 aliphatic carbocycles. The van der Waals surface area contributed by atoms with Crippen molar-refractivity contribution < 1.29 is 23.1 Å². The Kier molecular flexibility index (Phi) is 3.09. The number of carboxylic acid groups (broad SMARTS) is 1. The number of ether oxygens (including phenoxy) is 1. The molecular formula is C13H16O5S. The second-order valence-corrected chi connectivity index (χ2v) is 7.43. The number of carbonyl (C=O) groups is 1. The summed E-state index contributed by atoms with van der Waals surface area (Å²) in [5, 5.41) is 8.66. The first kappa shape index (κ1) is 13.9. The molecule has 0 saturated heterocycles. The minimum Gasteiger partial charge on any atom is -0.449 e. The largest absolute Gasteiger partial charge is 0.511 e. The van der Waals surface area contributed by atoms with Gasteiger partial charge in [0.05, 0.1) is 10.6 Å². The van der Waals surface area contributed by atoms with Gasteiger partial charge in [0.25, 0.3) is 0 Å². The third-order valence-corrected chi connectivity index (χ3v) is 5.48. The summed E-state index contributed by atoms with van der Waals surface area (Å²) in [7, 11) is -3.37. The lowest BCUT2D eigenvalue weighted by Gasteiger charge is -2.33. The quantitative estimate of drug-likeness (QED) is 0.633. The molecule has 0 atom stereocenters. The second kappa shape index (κ2) is 4.23. The molecule has 0 amide bonds. The molecule has 0 aromatic heterocycles. The molecule has 0 radical (unpaired) electrons. The van der Waals surface area contributed by atoms with Crippen molar-refractivity contribution in [3.63, 3.8) is 0 Å². The van der Waals surface area contributed by atoms with Crippen LogP contribution in [-0.4, -0.2) is 25.4 Å². The second-order valence-electron chi connectivity index (χ2n) is 5.39. The average molecular weight is 284 g/mol. The van der Waals surface area contributed by atoms with Crippen molar-refractivity contribution in [1.82, 2.24) is 0 Å². The predicted molar refractivity (Wildman–Crippen MR) is 69.5 cm³/mol. The lowest BCUT2D eigenvalue weighted by molar-refractivity contribution is 0.144. The number of benzene rings is 1. The molecule has 19 heavy (non-hydrogen) atoms. The van der Waals surface area contributed by atoms with Crippen molar-refractivity contribution in [2.24, 2.45) is 0 Å². The molecule has 104 valence electrons. The highest BCUT2D eigenvalue weighted by molar-refractivity contribution is 7.91. The van der Waals surface area contributed by atoms with Gasteiger partial charge in [-0.1, -0.05) is 19.9 Å². The molecule has 6 heteroatoms. The third kappa shape index (κ3) is 2.32. The minimum absolute atomic E-state index is 0.0738. The maximum Gasteiger partial charge on any atom is 0.511 e. The van der Waals surface area contributed by atoms with E-state index in [1.54, 1.807) is 13.0 Å². The van der Waals surface area contributed by atoms with Gasteiger partial charge in [-0.2, -0.15) is 0 Å². The predicted octanol–water partition coefficient (Wildman–Crippen LogP) is 2.51. The van der Waals surface area contributed by atoms with Gasteiger partial charge >= 0.3 is 6.16 Å². The summed E-state index contributed by atoms with van der Waals surface area (Å²) in [5.41, 5.74) is 0.856. The van der Waals surface area contributed by atoms with Gasteiger partial charge in [0.2, 0.25) is 0 Å². The fourth-order valence-electron chi connectivity index (χ4n) is 2.44. The van der Waals surface area contributed by atoms with Crippen LogP contribution >= 0.6 is 0 Å². The molecule has 0 fully saturated rings. The zero-order valence-electron chi connectivity index (χ0n) is 11.1. The summed E-state index contributed by atoms with van der Waals surface area (Å²) < 4.78 is 29.1. The Morgan fingerprint density at radius 2 is 2.00 bits per heavy atom. The van der Waals surface area contributed by atoms with Crippen LogP contribution in [-0.2, 0) is 15.3 Å². The van der Waals surface area contributed by atoms with Crippen molar-refractivity contribution in [2.75, 3.05) is 5.75 Å². The highest BCUT2D eigenvalue weighted by atomic mass is 32.2. The van der Waals surface area contributed by atoms with Gasteiger partial charge in [-0.05, 0) is 30.4 Å². The number of hydrogen-bond acceptors (Lipinski definition) is 4. The van der Waals surface area contributed by atoms with E-state index in [4.69, 9.17) is 5.11 Å². The van der Waals surface area contributed by atoms with Crippen LogP contribution in [0.25, 0.3) is 0 Å². The topological polar surface area (TPSA) is 80.7 Å². The summed E-state index contributed by atoms with van der Waals surface area (Å²) >= 11 is 0. The molecule has 0 bridgehead atoms. The van der Waals surface area contributed by atoms with Crippen LogP contribution in [0.3, 0.4) is 0 Å². The normalized spacial score (nSPS) is 19.5. The maximum absolute atomic E-state index is 12.2. The SMILES string of the molecule is Cc1c(OC(=O)O)ccc2c1S(=O)(=O)CCC2(C)C. The smallest absolute Gasteiger partial charge is 0.449 e. The molecule has 1 aromatic carbocycles. The summed E-state index contributed by atoms with van der Waals surface area (Å²) in [4.78, 5) is 10.8.